The Hall–Kier alpha value is -2.76. The van der Waals surface area contributed by atoms with E-state index in [1.165, 1.54) is 0 Å². The summed E-state index contributed by atoms with van der Waals surface area (Å²) in [6.45, 7) is 2.29. The molecule has 110 valence electrons. The van der Waals surface area contributed by atoms with Crippen molar-refractivity contribution in [2.24, 2.45) is 10.7 Å². The van der Waals surface area contributed by atoms with Crippen molar-refractivity contribution in [2.75, 3.05) is 11.9 Å². The van der Waals surface area contributed by atoms with Crippen molar-refractivity contribution in [3.63, 3.8) is 0 Å². The highest BCUT2D eigenvalue weighted by Gasteiger charge is 2.11. The standard InChI is InChI=1S/C15H17N3O3/c1-2-20-14(19)13-9-8-12(21-13)10-17-15(16)18-11-6-4-3-5-7-11/h3-9H,2,10H2,1H3,(H3,16,17,18). The molecule has 21 heavy (non-hydrogen) atoms. The molecular formula is C15H17N3O3. The van der Waals surface area contributed by atoms with E-state index in [2.05, 4.69) is 10.3 Å². The largest absolute Gasteiger partial charge is 0.460 e. The van der Waals surface area contributed by atoms with Gasteiger partial charge in [-0.2, -0.15) is 0 Å². The van der Waals surface area contributed by atoms with Crippen LogP contribution in [0.5, 0.6) is 0 Å². The molecule has 0 spiro atoms. The Morgan fingerprint density at radius 2 is 2.05 bits per heavy atom. The number of nitrogens with two attached hydrogens (primary N) is 1. The molecule has 6 nitrogen and oxygen atoms in total. The van der Waals surface area contributed by atoms with Crippen LogP contribution in [0.2, 0.25) is 0 Å². The number of carbonyl (C=O) groups excluding carboxylic acids is 1. The number of benzene rings is 1. The second kappa shape index (κ2) is 7.14. The Balaban J connectivity index is 1.93. The first kappa shape index (κ1) is 14.6. The predicted molar refractivity (Wildman–Crippen MR) is 80.1 cm³/mol. The Morgan fingerprint density at radius 1 is 1.29 bits per heavy atom. The number of esters is 1. The minimum atomic E-state index is -0.483. The van der Waals surface area contributed by atoms with Crippen molar-refractivity contribution in [1.29, 1.82) is 0 Å². The van der Waals surface area contributed by atoms with E-state index in [0.29, 0.717) is 12.4 Å². The lowest BCUT2D eigenvalue weighted by atomic mass is 10.3. The molecule has 0 unspecified atom stereocenters. The molecule has 0 atom stereocenters. The molecule has 0 saturated carbocycles. The van der Waals surface area contributed by atoms with E-state index in [0.717, 1.165) is 5.69 Å². The second-order valence-electron chi connectivity index (χ2n) is 4.18. The molecular weight excluding hydrogens is 270 g/mol. The molecule has 0 radical (unpaired) electrons. The summed E-state index contributed by atoms with van der Waals surface area (Å²) >= 11 is 0. The van der Waals surface area contributed by atoms with Gasteiger partial charge in [-0.1, -0.05) is 18.2 Å². The topological polar surface area (TPSA) is 89.8 Å². The molecule has 2 rings (SSSR count). The number of nitrogens with zero attached hydrogens (tertiary/aromatic N) is 1. The minimum Gasteiger partial charge on any atom is -0.460 e. The minimum absolute atomic E-state index is 0.164. The SMILES string of the molecule is CCOC(=O)c1ccc(CN=C(N)Nc2ccccc2)o1. The summed E-state index contributed by atoms with van der Waals surface area (Å²) < 4.78 is 10.2. The Kier molecular flexibility index (Phi) is 4.98. The molecule has 0 bridgehead atoms. The first-order chi connectivity index (χ1) is 10.2. The molecule has 6 heteroatoms. The number of nitrogens with one attached hydrogen (secondary N) is 1. The molecule has 2 aromatic rings. The van der Waals surface area contributed by atoms with Gasteiger partial charge in [0.05, 0.1) is 6.61 Å². The van der Waals surface area contributed by atoms with Crippen LogP contribution in [0, 0.1) is 0 Å². The number of para-hydroxylation sites is 1. The van der Waals surface area contributed by atoms with Gasteiger partial charge >= 0.3 is 5.97 Å². The smallest absolute Gasteiger partial charge is 0.374 e. The normalized spacial score (nSPS) is 11.2. The van der Waals surface area contributed by atoms with Gasteiger partial charge in [0.1, 0.15) is 12.3 Å². The number of carbonyl (C=O) groups is 1. The maximum Gasteiger partial charge on any atom is 0.374 e. The van der Waals surface area contributed by atoms with Crippen molar-refractivity contribution in [2.45, 2.75) is 13.5 Å². The van der Waals surface area contributed by atoms with Crippen LogP contribution in [0.1, 0.15) is 23.2 Å². The van der Waals surface area contributed by atoms with Crippen molar-refractivity contribution in [3.8, 4) is 0 Å². The second-order valence-corrected chi connectivity index (χ2v) is 4.18. The van der Waals surface area contributed by atoms with E-state index in [4.69, 9.17) is 14.9 Å². The lowest BCUT2D eigenvalue weighted by molar-refractivity contribution is 0.0488. The summed E-state index contributed by atoms with van der Waals surface area (Å²) in [5.41, 5.74) is 6.63. The fourth-order valence-electron chi connectivity index (χ4n) is 1.65. The number of guanidine groups is 1. The average molecular weight is 287 g/mol. The van der Waals surface area contributed by atoms with Gasteiger partial charge in [-0.25, -0.2) is 9.79 Å². The lowest BCUT2D eigenvalue weighted by Gasteiger charge is -2.04. The van der Waals surface area contributed by atoms with Crippen molar-refractivity contribution >= 4 is 17.6 Å². The van der Waals surface area contributed by atoms with E-state index >= 15 is 0 Å². The van der Waals surface area contributed by atoms with Crippen molar-refractivity contribution in [1.82, 2.24) is 0 Å². The summed E-state index contributed by atoms with van der Waals surface area (Å²) in [6.07, 6.45) is 0. The van der Waals surface area contributed by atoms with Gasteiger partial charge < -0.3 is 20.2 Å². The Labute approximate surface area is 122 Å². The predicted octanol–water partition coefficient (Wildman–Crippen LogP) is 2.38. The van der Waals surface area contributed by atoms with Crippen molar-refractivity contribution < 1.29 is 13.9 Å². The van der Waals surface area contributed by atoms with E-state index in [1.54, 1.807) is 19.1 Å². The van der Waals surface area contributed by atoms with Crippen LogP contribution < -0.4 is 11.1 Å². The van der Waals surface area contributed by atoms with Crippen LogP contribution in [-0.2, 0) is 11.3 Å². The van der Waals surface area contributed by atoms with Gasteiger partial charge in [0.25, 0.3) is 0 Å². The number of hydrogen-bond acceptors (Lipinski definition) is 4. The van der Waals surface area contributed by atoms with Gasteiger partial charge in [-0.3, -0.25) is 0 Å². The van der Waals surface area contributed by atoms with Gasteiger partial charge in [0.15, 0.2) is 5.96 Å². The van der Waals surface area contributed by atoms with E-state index < -0.39 is 5.97 Å². The zero-order chi connectivity index (χ0) is 15.1. The van der Waals surface area contributed by atoms with Crippen LogP contribution in [0.4, 0.5) is 5.69 Å². The fourth-order valence-corrected chi connectivity index (χ4v) is 1.65. The first-order valence-electron chi connectivity index (χ1n) is 6.57. The molecule has 1 aromatic carbocycles. The van der Waals surface area contributed by atoms with Crippen LogP contribution in [0.15, 0.2) is 51.9 Å². The van der Waals surface area contributed by atoms with Gasteiger partial charge in [-0.05, 0) is 31.2 Å². The van der Waals surface area contributed by atoms with Crippen LogP contribution in [-0.4, -0.2) is 18.5 Å². The monoisotopic (exact) mass is 287 g/mol. The molecule has 0 aliphatic carbocycles. The van der Waals surface area contributed by atoms with Crippen LogP contribution in [0.25, 0.3) is 0 Å². The zero-order valence-corrected chi connectivity index (χ0v) is 11.7. The summed E-state index contributed by atoms with van der Waals surface area (Å²) in [5, 5.41) is 2.96. The van der Waals surface area contributed by atoms with E-state index in [1.807, 2.05) is 30.3 Å². The van der Waals surface area contributed by atoms with Crippen molar-refractivity contribution in [3.05, 3.63) is 54.0 Å². The quantitative estimate of drug-likeness (QED) is 0.500. The number of anilines is 1. The zero-order valence-electron chi connectivity index (χ0n) is 11.7. The molecule has 0 saturated heterocycles. The number of aliphatic imine (C=N–C) groups is 1. The highest BCUT2D eigenvalue weighted by Crippen LogP contribution is 2.11. The molecule has 0 amide bonds. The number of rotatable bonds is 5. The summed E-state index contributed by atoms with van der Waals surface area (Å²) in [6, 6.07) is 12.7. The van der Waals surface area contributed by atoms with Crippen LogP contribution >= 0.6 is 0 Å². The molecule has 3 N–H and O–H groups in total. The maximum atomic E-state index is 11.4. The Bertz CT molecular complexity index is 620. The van der Waals surface area contributed by atoms with Gasteiger partial charge in [0.2, 0.25) is 5.76 Å². The van der Waals surface area contributed by atoms with Gasteiger partial charge in [-0.15, -0.1) is 0 Å². The molecule has 1 aromatic heterocycles. The number of furan rings is 1. The summed E-state index contributed by atoms with van der Waals surface area (Å²) in [4.78, 5) is 15.6. The lowest BCUT2D eigenvalue weighted by Crippen LogP contribution is -2.22. The third-order valence-electron chi connectivity index (χ3n) is 2.59. The third kappa shape index (κ3) is 4.38. The van der Waals surface area contributed by atoms with E-state index in [-0.39, 0.29) is 18.3 Å². The number of ether oxygens (including phenoxy) is 1. The average Bonchev–Trinajstić information content (AvgIpc) is 2.95. The molecule has 0 aliphatic heterocycles. The molecule has 0 aliphatic rings. The number of hydrogen-bond donors (Lipinski definition) is 2. The molecule has 0 fully saturated rings. The maximum absolute atomic E-state index is 11.4. The third-order valence-corrected chi connectivity index (χ3v) is 2.59. The molecule has 1 heterocycles. The first-order valence-corrected chi connectivity index (χ1v) is 6.57. The summed E-state index contributed by atoms with van der Waals surface area (Å²) in [5.74, 6) is 0.492. The van der Waals surface area contributed by atoms with E-state index in [9.17, 15) is 4.79 Å². The Morgan fingerprint density at radius 3 is 2.76 bits per heavy atom. The summed E-state index contributed by atoms with van der Waals surface area (Å²) in [7, 11) is 0. The highest BCUT2D eigenvalue weighted by molar-refractivity contribution is 5.92. The van der Waals surface area contributed by atoms with Crippen LogP contribution in [0.3, 0.4) is 0 Å². The van der Waals surface area contributed by atoms with Gasteiger partial charge in [0, 0.05) is 5.69 Å². The fraction of sp³-hybridized carbons (Fsp3) is 0.200. The highest BCUT2D eigenvalue weighted by atomic mass is 16.5.